The molecule has 0 aliphatic rings. The Morgan fingerprint density at radius 2 is 2.21 bits per heavy atom. The Bertz CT molecular complexity index is 577. The molecular weight excluding hydrogens is 252 g/mol. The number of aromatic nitrogens is 1. The summed E-state index contributed by atoms with van der Waals surface area (Å²) in [6.45, 7) is 2.78. The Labute approximate surface area is 109 Å². The number of carbonyl (C=O) groups is 1. The number of carboxylic acids is 1. The van der Waals surface area contributed by atoms with E-state index < -0.39 is 22.1 Å². The molecule has 100 valence electrons. The summed E-state index contributed by atoms with van der Waals surface area (Å²) in [4.78, 5) is 26.5. The molecule has 0 spiro atoms. The number of aliphatic carboxylic acids is 1. The number of anilines is 1. The first-order chi connectivity index (χ1) is 8.73. The van der Waals surface area contributed by atoms with Crippen molar-refractivity contribution in [3.8, 4) is 6.07 Å². The van der Waals surface area contributed by atoms with Crippen molar-refractivity contribution in [3.63, 3.8) is 0 Å². The van der Waals surface area contributed by atoms with E-state index in [4.69, 9.17) is 10.4 Å². The van der Waals surface area contributed by atoms with Gasteiger partial charge in [-0.2, -0.15) is 5.26 Å². The number of likely N-dealkylation sites (N-methyl/N-ethyl adjacent to an activating group) is 1. The van der Waals surface area contributed by atoms with Crippen LogP contribution in [0.25, 0.3) is 0 Å². The molecule has 1 aromatic heterocycles. The molecule has 0 radical (unpaired) electrons. The molecule has 1 aromatic rings. The Morgan fingerprint density at radius 3 is 2.63 bits per heavy atom. The van der Waals surface area contributed by atoms with Gasteiger partial charge in [0, 0.05) is 13.2 Å². The maximum absolute atomic E-state index is 11.2. The van der Waals surface area contributed by atoms with Crippen molar-refractivity contribution in [2.45, 2.75) is 19.4 Å². The van der Waals surface area contributed by atoms with Gasteiger partial charge in [0.05, 0.1) is 4.92 Å². The summed E-state index contributed by atoms with van der Waals surface area (Å²) < 4.78 is 0. The highest BCUT2D eigenvalue weighted by molar-refractivity contribution is 5.83. The lowest BCUT2D eigenvalue weighted by Gasteiger charge is -2.32. The van der Waals surface area contributed by atoms with Gasteiger partial charge in [0.2, 0.25) is 5.82 Å². The fourth-order valence-corrected chi connectivity index (χ4v) is 1.37. The van der Waals surface area contributed by atoms with Crippen molar-refractivity contribution in [2.24, 2.45) is 0 Å². The van der Waals surface area contributed by atoms with E-state index in [9.17, 15) is 14.9 Å². The number of nitro groups is 1. The van der Waals surface area contributed by atoms with Crippen molar-refractivity contribution >= 4 is 17.5 Å². The van der Waals surface area contributed by atoms with Crippen LogP contribution >= 0.6 is 0 Å². The van der Waals surface area contributed by atoms with Crippen LogP contribution in [0.4, 0.5) is 11.5 Å². The third-order valence-electron chi connectivity index (χ3n) is 2.89. The number of carboxylic acid groups (broad SMARTS) is 1. The summed E-state index contributed by atoms with van der Waals surface area (Å²) >= 11 is 0. The molecule has 0 aromatic carbocycles. The maximum Gasteiger partial charge on any atom is 0.329 e. The normalized spacial score (nSPS) is 10.6. The Balaban J connectivity index is 3.48. The van der Waals surface area contributed by atoms with Crippen molar-refractivity contribution in [1.82, 2.24) is 4.98 Å². The molecule has 1 heterocycles. The van der Waals surface area contributed by atoms with E-state index in [1.165, 1.54) is 33.2 Å². The van der Waals surface area contributed by atoms with Gasteiger partial charge in [-0.15, -0.1) is 0 Å². The molecule has 19 heavy (non-hydrogen) atoms. The summed E-state index contributed by atoms with van der Waals surface area (Å²) in [6, 6.07) is 2.91. The fourth-order valence-electron chi connectivity index (χ4n) is 1.37. The topological polar surface area (TPSA) is 120 Å². The van der Waals surface area contributed by atoms with Gasteiger partial charge in [0.25, 0.3) is 0 Å². The second-order valence-corrected chi connectivity index (χ2v) is 4.32. The Hall–Kier alpha value is -2.69. The van der Waals surface area contributed by atoms with Crippen molar-refractivity contribution < 1.29 is 14.8 Å². The lowest BCUT2D eigenvalue weighted by molar-refractivity contribution is -0.384. The number of rotatable bonds is 4. The summed E-state index contributed by atoms with van der Waals surface area (Å²) in [6.07, 6.45) is 1.23. The van der Waals surface area contributed by atoms with E-state index in [1.54, 1.807) is 6.07 Å². The first kappa shape index (κ1) is 14.4. The number of nitriles is 1. The third-order valence-corrected chi connectivity index (χ3v) is 2.89. The summed E-state index contributed by atoms with van der Waals surface area (Å²) in [5.41, 5.74) is -2.06. The molecule has 0 fully saturated rings. The van der Waals surface area contributed by atoms with Crippen molar-refractivity contribution in [3.05, 3.63) is 27.9 Å². The van der Waals surface area contributed by atoms with Crippen LogP contribution in [0, 0.1) is 21.4 Å². The van der Waals surface area contributed by atoms with Gasteiger partial charge in [-0.25, -0.2) is 9.78 Å². The molecule has 1 N–H and O–H groups in total. The number of nitrogens with zero attached hydrogens (tertiary/aromatic N) is 4. The molecule has 0 saturated carbocycles. The lowest BCUT2D eigenvalue weighted by Crippen LogP contribution is -2.48. The zero-order chi connectivity index (χ0) is 14.8. The quantitative estimate of drug-likeness (QED) is 0.639. The molecule has 0 saturated heterocycles. The van der Waals surface area contributed by atoms with E-state index in [-0.39, 0.29) is 11.4 Å². The highest BCUT2D eigenvalue weighted by Crippen LogP contribution is 2.32. The Kier molecular flexibility index (Phi) is 3.70. The van der Waals surface area contributed by atoms with Crippen LogP contribution in [0.3, 0.4) is 0 Å². The zero-order valence-corrected chi connectivity index (χ0v) is 10.6. The van der Waals surface area contributed by atoms with E-state index in [2.05, 4.69) is 4.98 Å². The smallest absolute Gasteiger partial charge is 0.329 e. The molecular formula is C11H12N4O4. The highest BCUT2D eigenvalue weighted by atomic mass is 16.6. The molecule has 0 aliphatic carbocycles. The molecule has 0 bridgehead atoms. The van der Waals surface area contributed by atoms with Crippen LogP contribution in [0.2, 0.25) is 0 Å². The highest BCUT2D eigenvalue weighted by Gasteiger charge is 2.37. The minimum absolute atomic E-state index is 0.156. The molecule has 8 heteroatoms. The summed E-state index contributed by atoms with van der Waals surface area (Å²) in [7, 11) is 1.38. The maximum atomic E-state index is 11.2. The molecule has 8 nitrogen and oxygen atoms in total. The van der Waals surface area contributed by atoms with Gasteiger partial charge < -0.3 is 10.0 Å². The van der Waals surface area contributed by atoms with Crippen LogP contribution < -0.4 is 4.90 Å². The first-order valence-corrected chi connectivity index (χ1v) is 5.24. The average molecular weight is 264 g/mol. The van der Waals surface area contributed by atoms with Crippen LogP contribution in [0.1, 0.15) is 19.4 Å². The predicted molar refractivity (Wildman–Crippen MR) is 65.7 cm³/mol. The van der Waals surface area contributed by atoms with Crippen molar-refractivity contribution in [1.29, 1.82) is 5.26 Å². The van der Waals surface area contributed by atoms with Gasteiger partial charge in [-0.1, -0.05) is 0 Å². The van der Waals surface area contributed by atoms with Crippen LogP contribution in [0.5, 0.6) is 0 Å². The SMILES string of the molecule is CN(c1nccc(C#N)c1[N+](=O)[O-])C(C)(C)C(=O)O. The molecule has 0 amide bonds. The van der Waals surface area contributed by atoms with Crippen molar-refractivity contribution in [2.75, 3.05) is 11.9 Å². The van der Waals surface area contributed by atoms with Gasteiger partial charge in [-0.3, -0.25) is 10.1 Å². The monoisotopic (exact) mass is 264 g/mol. The minimum atomic E-state index is -1.40. The molecule has 1 rings (SSSR count). The Morgan fingerprint density at radius 1 is 1.63 bits per heavy atom. The lowest BCUT2D eigenvalue weighted by atomic mass is 10.0. The van der Waals surface area contributed by atoms with E-state index in [0.717, 1.165) is 4.90 Å². The standard InChI is InChI=1S/C11H12N4O4/c1-11(2,10(16)17)14(3)9-8(15(18)19)7(6-12)4-5-13-9/h4-5H,1-3H3,(H,16,17). The fraction of sp³-hybridized carbons (Fsp3) is 0.364. The second-order valence-electron chi connectivity index (χ2n) is 4.32. The third kappa shape index (κ3) is 2.44. The molecule has 0 unspecified atom stereocenters. The molecule has 0 atom stereocenters. The predicted octanol–water partition coefficient (Wildman–Crippen LogP) is 1.16. The number of hydrogen-bond acceptors (Lipinski definition) is 6. The van der Waals surface area contributed by atoms with Crippen LogP contribution in [-0.4, -0.2) is 33.6 Å². The number of hydrogen-bond donors (Lipinski definition) is 1. The number of pyridine rings is 1. The van der Waals surface area contributed by atoms with E-state index in [0.29, 0.717) is 0 Å². The first-order valence-electron chi connectivity index (χ1n) is 5.24. The van der Waals surface area contributed by atoms with Gasteiger partial charge in [-0.05, 0) is 19.9 Å². The van der Waals surface area contributed by atoms with Crippen LogP contribution in [-0.2, 0) is 4.79 Å². The van der Waals surface area contributed by atoms with Gasteiger partial charge in [0.1, 0.15) is 17.2 Å². The second kappa shape index (κ2) is 4.89. The molecule has 0 aliphatic heterocycles. The largest absolute Gasteiger partial charge is 0.480 e. The van der Waals surface area contributed by atoms with Gasteiger partial charge in [0.15, 0.2) is 0 Å². The summed E-state index contributed by atoms with van der Waals surface area (Å²) in [5, 5.41) is 29.0. The zero-order valence-electron chi connectivity index (χ0n) is 10.6. The summed E-state index contributed by atoms with van der Waals surface area (Å²) in [5.74, 6) is -1.31. The van der Waals surface area contributed by atoms with Gasteiger partial charge >= 0.3 is 11.7 Å². The average Bonchev–Trinajstić information content (AvgIpc) is 2.36. The van der Waals surface area contributed by atoms with Crippen LogP contribution in [0.15, 0.2) is 12.3 Å². The van der Waals surface area contributed by atoms with E-state index >= 15 is 0 Å². The minimum Gasteiger partial charge on any atom is -0.480 e. The van der Waals surface area contributed by atoms with E-state index in [1.807, 2.05) is 0 Å².